The number of carbonyl (C=O) groups excluding carboxylic acids is 3. The van der Waals surface area contributed by atoms with E-state index in [1.54, 1.807) is 37.3 Å². The number of carbonyl (C=O) groups is 3. The lowest BCUT2D eigenvalue weighted by Crippen LogP contribution is -2.55. The molecular formula is C33H30Cl2FN3O6. The zero-order chi connectivity index (χ0) is 31.6. The Morgan fingerprint density at radius 2 is 1.71 bits per heavy atom. The molecule has 0 saturated carbocycles. The first-order chi connectivity index (χ1) is 21.7. The molecule has 12 heteroatoms. The molecule has 3 aromatic rings. The van der Waals surface area contributed by atoms with Crippen LogP contribution < -0.4 is 14.5 Å². The zero-order valence-electron chi connectivity index (χ0n) is 24.6. The molecule has 0 N–H and O–H groups in total. The summed E-state index contributed by atoms with van der Waals surface area (Å²) in [5.41, 5.74) is 3.03. The molecule has 234 valence electrons. The van der Waals surface area contributed by atoms with E-state index in [2.05, 4.69) is 4.90 Å². The summed E-state index contributed by atoms with van der Waals surface area (Å²) in [6, 6.07) is 11.4. The number of fused-ring (bicyclic) bond motifs is 3. The maximum absolute atomic E-state index is 15.8. The van der Waals surface area contributed by atoms with Crippen LogP contribution in [0.15, 0.2) is 42.5 Å². The van der Waals surface area contributed by atoms with E-state index in [4.69, 9.17) is 37.4 Å². The van der Waals surface area contributed by atoms with Crippen molar-refractivity contribution >= 4 is 52.2 Å². The predicted molar refractivity (Wildman–Crippen MR) is 167 cm³/mol. The Morgan fingerprint density at radius 3 is 2.36 bits per heavy atom. The number of methoxy groups -OCH3 is 1. The Bertz CT molecular complexity index is 1710. The Balaban J connectivity index is 1.20. The van der Waals surface area contributed by atoms with Gasteiger partial charge in [-0.2, -0.15) is 0 Å². The lowest BCUT2D eigenvalue weighted by atomic mass is 9.96. The molecule has 4 aliphatic heterocycles. The van der Waals surface area contributed by atoms with Gasteiger partial charge in [0.15, 0.2) is 12.5 Å². The highest BCUT2D eigenvalue weighted by molar-refractivity contribution is 6.40. The molecule has 3 atom stereocenters. The zero-order valence-corrected chi connectivity index (χ0v) is 26.2. The molecule has 45 heavy (non-hydrogen) atoms. The minimum atomic E-state index is -0.611. The number of esters is 1. The van der Waals surface area contributed by atoms with Crippen molar-refractivity contribution in [2.45, 2.75) is 44.4 Å². The van der Waals surface area contributed by atoms with Crippen LogP contribution in [0, 0.1) is 5.82 Å². The minimum Gasteiger partial charge on any atom is -0.472 e. The van der Waals surface area contributed by atoms with Gasteiger partial charge in [0.1, 0.15) is 11.6 Å². The molecule has 0 aromatic heterocycles. The number of amides is 1. The topological polar surface area (TPSA) is 88.6 Å². The normalized spacial score (nSPS) is 22.1. The summed E-state index contributed by atoms with van der Waals surface area (Å²) in [5.74, 6) is -1.05. The van der Waals surface area contributed by atoms with Gasteiger partial charge in [0.2, 0.25) is 0 Å². The van der Waals surface area contributed by atoms with Gasteiger partial charge in [-0.05, 0) is 44.0 Å². The largest absolute Gasteiger partial charge is 0.472 e. The second kappa shape index (κ2) is 11.5. The average molecular weight is 655 g/mol. The first-order valence-corrected chi connectivity index (χ1v) is 15.5. The number of hydrogen-bond donors (Lipinski definition) is 0. The van der Waals surface area contributed by atoms with Gasteiger partial charge in [0.25, 0.3) is 5.91 Å². The third-order valence-corrected chi connectivity index (χ3v) is 9.84. The molecule has 3 fully saturated rings. The lowest BCUT2D eigenvalue weighted by Gasteiger charge is -2.39. The smallest absolute Gasteiger partial charge is 0.340 e. The molecule has 0 spiro atoms. The van der Waals surface area contributed by atoms with E-state index in [9.17, 15) is 14.4 Å². The van der Waals surface area contributed by atoms with E-state index in [0.29, 0.717) is 41.5 Å². The number of Topliss-reactive ketones (excluding diaryl/α,β-unsaturated/α-hetero) is 1. The van der Waals surface area contributed by atoms with Gasteiger partial charge in [0.05, 0.1) is 78.4 Å². The number of halogens is 3. The Morgan fingerprint density at radius 1 is 1.00 bits per heavy atom. The molecular weight excluding hydrogens is 624 g/mol. The molecule has 2 bridgehead atoms. The Labute approximate surface area is 269 Å². The second-order valence-electron chi connectivity index (χ2n) is 11.8. The summed E-state index contributed by atoms with van der Waals surface area (Å²) in [4.78, 5) is 43.7. The average Bonchev–Trinajstić information content (AvgIpc) is 3.28. The van der Waals surface area contributed by atoms with Crippen molar-refractivity contribution in [2.75, 3.05) is 43.4 Å². The lowest BCUT2D eigenvalue weighted by molar-refractivity contribution is -0.122. The summed E-state index contributed by atoms with van der Waals surface area (Å²) >= 11 is 13.1. The number of ether oxygens (including phenoxy) is 3. The summed E-state index contributed by atoms with van der Waals surface area (Å²) in [6.07, 6.45) is 1.83. The highest BCUT2D eigenvalue weighted by atomic mass is 35.5. The fourth-order valence-electron chi connectivity index (χ4n) is 6.79. The molecule has 4 aliphatic rings. The SMILES string of the molecule is COC(=O)c1cc(F)c(-c2cccc3c2OCN(C(=O)c2c(Cl)cc(N4CC(=O)[C@H]4C)cc2Cl)C3)cc1N1C2CCC1COC2. The summed E-state index contributed by atoms with van der Waals surface area (Å²) in [5, 5.41) is 0.344. The van der Waals surface area contributed by atoms with Crippen molar-refractivity contribution in [3.63, 3.8) is 0 Å². The number of morpholine rings is 1. The Hall–Kier alpha value is -3.86. The van der Waals surface area contributed by atoms with Crippen molar-refractivity contribution in [2.24, 2.45) is 0 Å². The van der Waals surface area contributed by atoms with Crippen LogP contribution in [0.4, 0.5) is 15.8 Å². The van der Waals surface area contributed by atoms with Gasteiger partial charge in [-0.15, -0.1) is 0 Å². The molecule has 0 radical (unpaired) electrons. The van der Waals surface area contributed by atoms with E-state index in [1.807, 2.05) is 11.0 Å². The number of ketones is 1. The summed E-state index contributed by atoms with van der Waals surface area (Å²) in [6.45, 7) is 3.20. The number of nitrogens with zero attached hydrogens (tertiary/aromatic N) is 3. The van der Waals surface area contributed by atoms with E-state index < -0.39 is 17.7 Å². The van der Waals surface area contributed by atoms with Crippen molar-refractivity contribution in [1.29, 1.82) is 0 Å². The Kier molecular flexibility index (Phi) is 7.62. The third kappa shape index (κ3) is 4.99. The molecule has 1 amide bonds. The molecule has 7 rings (SSSR count). The maximum atomic E-state index is 15.8. The van der Waals surface area contributed by atoms with Crippen LogP contribution in [0.3, 0.4) is 0 Å². The fourth-order valence-corrected chi connectivity index (χ4v) is 7.43. The van der Waals surface area contributed by atoms with Crippen molar-refractivity contribution in [3.8, 4) is 16.9 Å². The first kappa shape index (κ1) is 29.8. The standard InChI is InChI=1S/C33H30Cl2FN3O6/c1-17-29(40)13-38(17)21-8-25(34)30(26(35)9-21)32(41)37-12-18-4-3-5-22(31(18)45-16-37)23-11-28(24(10-27(23)36)33(42)43-2)39-19-6-7-20(39)15-44-14-19/h3-5,8-11,17,19-20H,6-7,12-16H2,1-2H3/t17-,19?,20?/m1/s1. The fraction of sp³-hybridized carbons (Fsp3) is 0.364. The monoisotopic (exact) mass is 653 g/mol. The maximum Gasteiger partial charge on any atom is 0.340 e. The van der Waals surface area contributed by atoms with Gasteiger partial charge in [0, 0.05) is 22.4 Å². The van der Waals surface area contributed by atoms with Gasteiger partial charge < -0.3 is 28.9 Å². The molecule has 2 unspecified atom stereocenters. The van der Waals surface area contributed by atoms with Crippen LogP contribution >= 0.6 is 23.2 Å². The quantitative estimate of drug-likeness (QED) is 0.323. The van der Waals surface area contributed by atoms with Crippen LogP contribution in [0.25, 0.3) is 11.1 Å². The molecule has 4 heterocycles. The number of hydrogen-bond acceptors (Lipinski definition) is 8. The van der Waals surface area contributed by atoms with Crippen molar-refractivity contribution < 1.29 is 33.0 Å². The number of para-hydroxylation sites is 1. The minimum absolute atomic E-state index is 0.0792. The molecule has 3 aromatic carbocycles. The highest BCUT2D eigenvalue weighted by Crippen LogP contribution is 2.43. The van der Waals surface area contributed by atoms with Crippen LogP contribution in [-0.4, -0.2) is 74.3 Å². The second-order valence-corrected chi connectivity index (χ2v) is 12.6. The summed E-state index contributed by atoms with van der Waals surface area (Å²) in [7, 11) is 1.28. The van der Waals surface area contributed by atoms with Crippen LogP contribution in [0.5, 0.6) is 5.75 Å². The van der Waals surface area contributed by atoms with Gasteiger partial charge >= 0.3 is 5.97 Å². The van der Waals surface area contributed by atoms with E-state index in [1.165, 1.54) is 18.1 Å². The van der Waals surface area contributed by atoms with E-state index in [-0.39, 0.29) is 70.5 Å². The van der Waals surface area contributed by atoms with Gasteiger partial charge in [-0.1, -0.05) is 41.4 Å². The van der Waals surface area contributed by atoms with Crippen molar-refractivity contribution in [3.05, 3.63) is 75.0 Å². The summed E-state index contributed by atoms with van der Waals surface area (Å²) < 4.78 is 32.7. The van der Waals surface area contributed by atoms with Crippen LogP contribution in [-0.2, 0) is 20.8 Å². The molecule has 3 saturated heterocycles. The van der Waals surface area contributed by atoms with Crippen LogP contribution in [0.1, 0.15) is 46.0 Å². The number of benzene rings is 3. The van der Waals surface area contributed by atoms with Crippen LogP contribution in [0.2, 0.25) is 10.0 Å². The molecule has 0 aliphatic carbocycles. The van der Waals surface area contributed by atoms with Gasteiger partial charge in [-0.3, -0.25) is 9.59 Å². The predicted octanol–water partition coefficient (Wildman–Crippen LogP) is 5.72. The van der Waals surface area contributed by atoms with Crippen molar-refractivity contribution in [1.82, 2.24) is 4.90 Å². The molecule has 9 nitrogen and oxygen atoms in total. The number of rotatable bonds is 5. The third-order valence-electron chi connectivity index (χ3n) is 9.24. The van der Waals surface area contributed by atoms with E-state index >= 15 is 4.39 Å². The first-order valence-electron chi connectivity index (χ1n) is 14.8. The highest BCUT2D eigenvalue weighted by Gasteiger charge is 2.40. The number of anilines is 2. The van der Waals surface area contributed by atoms with E-state index in [0.717, 1.165) is 12.8 Å². The van der Waals surface area contributed by atoms with Gasteiger partial charge in [-0.25, -0.2) is 9.18 Å².